The molecule has 2 atom stereocenters. The average molecular weight is 294 g/mol. The Hall–Kier alpha value is -0.680. The number of phenols is 1. The van der Waals surface area contributed by atoms with E-state index in [4.69, 9.17) is 23.2 Å². The molecule has 18 heavy (non-hydrogen) atoms. The number of hydrogen-bond acceptors (Lipinski definition) is 4. The van der Waals surface area contributed by atoms with Crippen LogP contribution in [0.3, 0.4) is 0 Å². The number of phenolic OH excluding ortho intramolecular Hbond substituents is 1. The second-order valence-electron chi connectivity index (χ2n) is 4.04. The van der Waals surface area contributed by atoms with Gasteiger partial charge in [0.25, 0.3) is 0 Å². The first-order chi connectivity index (χ1) is 8.56. The summed E-state index contributed by atoms with van der Waals surface area (Å²) < 4.78 is 0. The molecule has 1 rings (SSSR count). The molecule has 0 aliphatic heterocycles. The van der Waals surface area contributed by atoms with Gasteiger partial charge in [0.2, 0.25) is 0 Å². The number of rotatable bonds is 7. The van der Waals surface area contributed by atoms with Gasteiger partial charge in [-0.2, -0.15) is 0 Å². The van der Waals surface area contributed by atoms with Crippen molar-refractivity contribution < 1.29 is 15.3 Å². The topological polar surface area (TPSA) is 63.9 Å². The highest BCUT2D eigenvalue weighted by Crippen LogP contribution is 2.20. The Bertz CT molecular complexity index is 353. The van der Waals surface area contributed by atoms with E-state index >= 15 is 0 Å². The summed E-state index contributed by atoms with van der Waals surface area (Å²) in [5.41, 5.74) is 0.698. The van der Waals surface area contributed by atoms with E-state index in [-0.39, 0.29) is 30.6 Å². The maximum atomic E-state index is 9.59. The smallest absolute Gasteiger partial charge is 0.117 e. The van der Waals surface area contributed by atoms with E-state index in [1.807, 2.05) is 0 Å². The zero-order chi connectivity index (χ0) is 13.5. The van der Waals surface area contributed by atoms with E-state index in [1.165, 1.54) is 0 Å². The Morgan fingerprint density at radius 2 is 1.61 bits per heavy atom. The number of benzene rings is 1. The minimum absolute atomic E-state index is 0.103. The summed E-state index contributed by atoms with van der Waals surface area (Å²) in [5.74, 6) is 0.330. The maximum Gasteiger partial charge on any atom is 0.117 e. The Balaban J connectivity index is 2.82. The molecule has 1 aromatic rings. The summed E-state index contributed by atoms with van der Waals surface area (Å²) in [4.78, 5) is 1.74. The van der Waals surface area contributed by atoms with Gasteiger partial charge >= 0.3 is 0 Å². The predicted molar refractivity (Wildman–Crippen MR) is 73.8 cm³/mol. The van der Waals surface area contributed by atoms with Crippen molar-refractivity contribution in [2.75, 3.05) is 29.7 Å². The van der Waals surface area contributed by atoms with E-state index in [0.29, 0.717) is 5.69 Å². The predicted octanol–water partition coefficient (Wildman–Crippen LogP) is 1.40. The van der Waals surface area contributed by atoms with Gasteiger partial charge in [0.1, 0.15) is 5.75 Å². The molecule has 3 N–H and O–H groups in total. The monoisotopic (exact) mass is 293 g/mol. The average Bonchev–Trinajstić information content (AvgIpc) is 2.37. The molecule has 2 unspecified atom stereocenters. The van der Waals surface area contributed by atoms with Gasteiger partial charge in [0.05, 0.1) is 24.0 Å². The SMILES string of the molecule is Oc1cccc(N(CC(O)CCl)CC(O)CCl)c1. The van der Waals surface area contributed by atoms with Gasteiger partial charge in [-0.3, -0.25) is 0 Å². The highest BCUT2D eigenvalue weighted by molar-refractivity contribution is 6.18. The minimum Gasteiger partial charge on any atom is -0.508 e. The van der Waals surface area contributed by atoms with Gasteiger partial charge in [-0.25, -0.2) is 0 Å². The van der Waals surface area contributed by atoms with Gasteiger partial charge < -0.3 is 20.2 Å². The van der Waals surface area contributed by atoms with Crippen LogP contribution in [0.25, 0.3) is 0 Å². The highest BCUT2D eigenvalue weighted by atomic mass is 35.5. The molecule has 0 fully saturated rings. The molecule has 4 nitrogen and oxygen atoms in total. The number of alkyl halides is 2. The molecule has 0 heterocycles. The van der Waals surface area contributed by atoms with Crippen LogP contribution >= 0.6 is 23.2 Å². The Morgan fingerprint density at radius 1 is 1.06 bits per heavy atom. The zero-order valence-electron chi connectivity index (χ0n) is 9.84. The van der Waals surface area contributed by atoms with Crippen LogP contribution in [0, 0.1) is 0 Å². The number of aliphatic hydroxyl groups excluding tert-OH is 2. The van der Waals surface area contributed by atoms with Gasteiger partial charge in [0.15, 0.2) is 0 Å². The lowest BCUT2D eigenvalue weighted by atomic mass is 10.2. The standard InChI is InChI=1S/C12H17Cl2NO3/c13-5-11(17)7-15(8-12(18)6-14)9-2-1-3-10(16)4-9/h1-4,11-12,16-18H,5-8H2. The van der Waals surface area contributed by atoms with Crippen molar-refractivity contribution >= 4 is 28.9 Å². The molecule has 0 amide bonds. The van der Waals surface area contributed by atoms with E-state index < -0.39 is 12.2 Å². The molecule has 0 aliphatic carbocycles. The quantitative estimate of drug-likeness (QED) is 0.665. The summed E-state index contributed by atoms with van der Waals surface area (Å²) >= 11 is 11.1. The van der Waals surface area contributed by atoms with Crippen molar-refractivity contribution in [1.82, 2.24) is 0 Å². The fraction of sp³-hybridized carbons (Fsp3) is 0.500. The Morgan fingerprint density at radius 3 is 2.06 bits per heavy atom. The van der Waals surface area contributed by atoms with Crippen molar-refractivity contribution in [2.24, 2.45) is 0 Å². The molecule has 0 radical (unpaired) electrons. The molecular formula is C12H17Cl2NO3. The molecule has 0 bridgehead atoms. The van der Waals surface area contributed by atoms with Crippen LogP contribution in [0.4, 0.5) is 5.69 Å². The Labute approximate surface area is 116 Å². The van der Waals surface area contributed by atoms with Crippen molar-refractivity contribution in [2.45, 2.75) is 12.2 Å². The summed E-state index contributed by atoms with van der Waals surface area (Å²) in [5, 5.41) is 28.6. The van der Waals surface area contributed by atoms with Crippen molar-refractivity contribution in [3.8, 4) is 5.75 Å². The van der Waals surface area contributed by atoms with Gasteiger partial charge in [0, 0.05) is 24.8 Å². The maximum absolute atomic E-state index is 9.59. The first-order valence-corrected chi connectivity index (χ1v) is 6.65. The number of aliphatic hydroxyl groups is 2. The van der Waals surface area contributed by atoms with Crippen LogP contribution in [0.5, 0.6) is 5.75 Å². The third-order valence-electron chi connectivity index (χ3n) is 2.41. The third-order valence-corrected chi connectivity index (χ3v) is 3.13. The molecule has 0 saturated carbocycles. The zero-order valence-corrected chi connectivity index (χ0v) is 11.3. The molecule has 102 valence electrons. The minimum atomic E-state index is -0.712. The number of halogens is 2. The first-order valence-electron chi connectivity index (χ1n) is 5.58. The normalized spacial score (nSPS) is 14.2. The van der Waals surface area contributed by atoms with Crippen molar-refractivity contribution in [1.29, 1.82) is 0 Å². The van der Waals surface area contributed by atoms with Crippen LogP contribution in [0.1, 0.15) is 0 Å². The van der Waals surface area contributed by atoms with Crippen molar-refractivity contribution in [3.63, 3.8) is 0 Å². The number of aromatic hydroxyl groups is 1. The summed E-state index contributed by atoms with van der Waals surface area (Å²) in [6.45, 7) is 0.530. The molecular weight excluding hydrogens is 277 g/mol. The molecule has 0 saturated heterocycles. The number of hydrogen-bond donors (Lipinski definition) is 3. The summed E-state index contributed by atoms with van der Waals surface area (Å²) in [7, 11) is 0. The van der Waals surface area contributed by atoms with Crippen LogP contribution < -0.4 is 4.90 Å². The van der Waals surface area contributed by atoms with E-state index in [1.54, 1.807) is 29.2 Å². The summed E-state index contributed by atoms with van der Waals surface area (Å²) in [6.07, 6.45) is -1.42. The lowest BCUT2D eigenvalue weighted by molar-refractivity contribution is 0.181. The second-order valence-corrected chi connectivity index (χ2v) is 4.66. The number of nitrogens with zero attached hydrogens (tertiary/aromatic N) is 1. The lowest BCUT2D eigenvalue weighted by Gasteiger charge is -2.28. The van der Waals surface area contributed by atoms with E-state index in [2.05, 4.69) is 0 Å². The summed E-state index contributed by atoms with van der Waals surface area (Å²) in [6, 6.07) is 6.58. The van der Waals surface area contributed by atoms with Crippen LogP contribution in [0.2, 0.25) is 0 Å². The van der Waals surface area contributed by atoms with Crippen LogP contribution in [-0.4, -0.2) is 52.4 Å². The fourth-order valence-electron chi connectivity index (χ4n) is 1.58. The van der Waals surface area contributed by atoms with E-state index in [9.17, 15) is 15.3 Å². The first kappa shape index (κ1) is 15.4. The lowest BCUT2D eigenvalue weighted by Crippen LogP contribution is -2.39. The third kappa shape index (κ3) is 4.90. The van der Waals surface area contributed by atoms with E-state index in [0.717, 1.165) is 0 Å². The molecule has 6 heteroatoms. The highest BCUT2D eigenvalue weighted by Gasteiger charge is 2.15. The van der Waals surface area contributed by atoms with Crippen LogP contribution in [0.15, 0.2) is 24.3 Å². The molecule has 0 aliphatic rings. The second kappa shape index (κ2) is 7.69. The van der Waals surface area contributed by atoms with Gasteiger partial charge in [-0.05, 0) is 12.1 Å². The molecule has 0 aromatic heterocycles. The fourth-order valence-corrected chi connectivity index (χ4v) is 1.78. The largest absolute Gasteiger partial charge is 0.508 e. The number of anilines is 1. The van der Waals surface area contributed by atoms with Crippen LogP contribution in [-0.2, 0) is 0 Å². The van der Waals surface area contributed by atoms with Gasteiger partial charge in [-0.1, -0.05) is 6.07 Å². The molecule has 1 aromatic carbocycles. The van der Waals surface area contributed by atoms with Crippen molar-refractivity contribution in [3.05, 3.63) is 24.3 Å². The van der Waals surface area contributed by atoms with Gasteiger partial charge in [-0.15, -0.1) is 23.2 Å². The Kier molecular flexibility index (Phi) is 6.57. The molecule has 0 spiro atoms.